The fourth-order valence-electron chi connectivity index (χ4n) is 1.14. The number of carbonyl (C=O) groups excluding carboxylic acids is 1. The first kappa shape index (κ1) is 7.79. The summed E-state index contributed by atoms with van der Waals surface area (Å²) in [4.78, 5) is 17.6. The quantitative estimate of drug-likeness (QED) is 0.669. The molecule has 2 rings (SSSR count). The molecule has 4 nitrogen and oxygen atoms in total. The van der Waals surface area contributed by atoms with Gasteiger partial charge in [0.15, 0.2) is 0 Å². The number of aromatic nitrogens is 2. The first-order chi connectivity index (χ1) is 6.25. The number of pyridine rings is 1. The second-order valence-corrected chi connectivity index (χ2v) is 2.66. The van der Waals surface area contributed by atoms with Crippen LogP contribution < -0.4 is 4.74 Å². The molecule has 0 aliphatic carbocycles. The summed E-state index contributed by atoms with van der Waals surface area (Å²) in [6.45, 7) is 1.36. The highest BCUT2D eigenvalue weighted by molar-refractivity contribution is 5.78. The van der Waals surface area contributed by atoms with E-state index in [0.717, 1.165) is 11.0 Å². The van der Waals surface area contributed by atoms with Crippen molar-refractivity contribution in [2.75, 3.05) is 0 Å². The number of rotatable bonds is 1. The summed E-state index contributed by atoms with van der Waals surface area (Å²) in [7, 11) is 0. The zero-order valence-corrected chi connectivity index (χ0v) is 7.07. The Bertz CT molecular complexity index is 415. The zero-order chi connectivity index (χ0) is 9.26. The Morgan fingerprint density at radius 3 is 3.15 bits per heavy atom. The Hall–Kier alpha value is -1.84. The van der Waals surface area contributed by atoms with Crippen molar-refractivity contribution in [3.8, 4) is 5.88 Å². The number of ether oxygens (including phenoxy) is 1. The summed E-state index contributed by atoms with van der Waals surface area (Å²) >= 11 is 0. The molecule has 66 valence electrons. The van der Waals surface area contributed by atoms with Gasteiger partial charge >= 0.3 is 5.97 Å². The molecule has 0 atom stereocenters. The van der Waals surface area contributed by atoms with Crippen LogP contribution in [0.25, 0.3) is 11.0 Å². The molecule has 0 aromatic carbocycles. The van der Waals surface area contributed by atoms with Crippen LogP contribution in [0.15, 0.2) is 24.4 Å². The van der Waals surface area contributed by atoms with Crippen molar-refractivity contribution in [1.29, 1.82) is 0 Å². The third kappa shape index (κ3) is 1.51. The molecule has 13 heavy (non-hydrogen) atoms. The van der Waals surface area contributed by atoms with E-state index < -0.39 is 0 Å². The minimum atomic E-state index is -0.341. The summed E-state index contributed by atoms with van der Waals surface area (Å²) < 4.78 is 4.86. The molecule has 0 spiro atoms. The van der Waals surface area contributed by atoms with Gasteiger partial charge in [0.05, 0.1) is 11.0 Å². The normalized spacial score (nSPS) is 10.2. The van der Waals surface area contributed by atoms with Gasteiger partial charge in [0.25, 0.3) is 0 Å². The Morgan fingerprint density at radius 2 is 2.46 bits per heavy atom. The van der Waals surface area contributed by atoms with Gasteiger partial charge < -0.3 is 9.72 Å². The minimum Gasteiger partial charge on any atom is -0.410 e. The first-order valence-electron chi connectivity index (χ1n) is 3.88. The first-order valence-corrected chi connectivity index (χ1v) is 3.88. The van der Waals surface area contributed by atoms with E-state index in [4.69, 9.17) is 4.74 Å². The fraction of sp³-hybridized carbons (Fsp3) is 0.111. The standard InChI is InChI=1S/C9H8N2O2/c1-6(12)13-9-5-8-7(11-9)3-2-4-10-8/h2-5,11H,1H3. The second-order valence-electron chi connectivity index (χ2n) is 2.66. The van der Waals surface area contributed by atoms with E-state index >= 15 is 0 Å². The summed E-state index contributed by atoms with van der Waals surface area (Å²) in [5.41, 5.74) is 1.65. The molecular weight excluding hydrogens is 168 g/mol. The van der Waals surface area contributed by atoms with Crippen LogP contribution in [0.5, 0.6) is 5.88 Å². The predicted octanol–water partition coefficient (Wildman–Crippen LogP) is 1.49. The maximum Gasteiger partial charge on any atom is 0.309 e. The zero-order valence-electron chi connectivity index (χ0n) is 7.07. The molecule has 4 heteroatoms. The number of carbonyl (C=O) groups is 1. The molecule has 2 aromatic rings. The Balaban J connectivity index is 2.44. The monoisotopic (exact) mass is 176 g/mol. The molecule has 0 aliphatic rings. The van der Waals surface area contributed by atoms with E-state index in [1.54, 1.807) is 12.3 Å². The van der Waals surface area contributed by atoms with E-state index in [0.29, 0.717) is 5.88 Å². The largest absolute Gasteiger partial charge is 0.410 e. The van der Waals surface area contributed by atoms with Crippen LogP contribution in [0.2, 0.25) is 0 Å². The van der Waals surface area contributed by atoms with E-state index in [9.17, 15) is 4.79 Å². The van der Waals surface area contributed by atoms with Gasteiger partial charge in [0.2, 0.25) is 5.88 Å². The number of esters is 1. The summed E-state index contributed by atoms with van der Waals surface area (Å²) in [5.74, 6) is 0.0905. The van der Waals surface area contributed by atoms with Gasteiger partial charge in [-0.2, -0.15) is 0 Å². The highest BCUT2D eigenvalue weighted by Gasteiger charge is 2.03. The van der Waals surface area contributed by atoms with Crippen molar-refractivity contribution >= 4 is 17.0 Å². The summed E-state index contributed by atoms with van der Waals surface area (Å²) in [6.07, 6.45) is 1.69. The fourth-order valence-corrected chi connectivity index (χ4v) is 1.14. The van der Waals surface area contributed by atoms with Crippen LogP contribution in [-0.4, -0.2) is 15.9 Å². The maximum atomic E-state index is 10.6. The third-order valence-electron chi connectivity index (χ3n) is 1.62. The van der Waals surface area contributed by atoms with Crippen LogP contribution in [0, 0.1) is 0 Å². The topological polar surface area (TPSA) is 55.0 Å². The van der Waals surface area contributed by atoms with E-state index in [-0.39, 0.29) is 5.97 Å². The molecule has 1 N–H and O–H groups in total. The number of hydrogen-bond donors (Lipinski definition) is 1. The summed E-state index contributed by atoms with van der Waals surface area (Å²) in [5, 5.41) is 0. The highest BCUT2D eigenvalue weighted by atomic mass is 16.5. The lowest BCUT2D eigenvalue weighted by molar-refractivity contribution is -0.132. The molecule has 0 aliphatic heterocycles. The molecule has 2 aromatic heterocycles. The van der Waals surface area contributed by atoms with Gasteiger partial charge in [-0.15, -0.1) is 0 Å². The number of H-pyrrole nitrogens is 1. The molecule has 0 fully saturated rings. The highest BCUT2D eigenvalue weighted by Crippen LogP contribution is 2.17. The average molecular weight is 176 g/mol. The lowest BCUT2D eigenvalue weighted by atomic mass is 10.4. The van der Waals surface area contributed by atoms with Crippen molar-refractivity contribution < 1.29 is 9.53 Å². The number of nitrogens with one attached hydrogen (secondary N) is 1. The van der Waals surface area contributed by atoms with Crippen molar-refractivity contribution in [2.24, 2.45) is 0 Å². The Morgan fingerprint density at radius 1 is 1.62 bits per heavy atom. The number of aromatic amines is 1. The van der Waals surface area contributed by atoms with E-state index in [1.165, 1.54) is 6.92 Å². The van der Waals surface area contributed by atoms with Gasteiger partial charge in [0, 0.05) is 19.2 Å². The molecule has 0 radical (unpaired) electrons. The van der Waals surface area contributed by atoms with E-state index in [2.05, 4.69) is 9.97 Å². The number of hydrogen-bond acceptors (Lipinski definition) is 3. The molecular formula is C9H8N2O2. The lowest BCUT2D eigenvalue weighted by Gasteiger charge is -1.93. The lowest BCUT2D eigenvalue weighted by Crippen LogP contribution is -2.00. The Kier molecular flexibility index (Phi) is 1.73. The minimum absolute atomic E-state index is 0.341. The third-order valence-corrected chi connectivity index (χ3v) is 1.62. The van der Waals surface area contributed by atoms with Crippen LogP contribution in [0.4, 0.5) is 0 Å². The van der Waals surface area contributed by atoms with Gasteiger partial charge in [-0.1, -0.05) is 0 Å². The average Bonchev–Trinajstić information content (AvgIpc) is 2.44. The SMILES string of the molecule is CC(=O)Oc1cc2ncccc2[nH]1. The second kappa shape index (κ2) is 2.90. The molecule has 0 unspecified atom stereocenters. The van der Waals surface area contributed by atoms with Gasteiger partial charge in [-0.3, -0.25) is 9.78 Å². The van der Waals surface area contributed by atoms with Crippen LogP contribution in [-0.2, 0) is 4.79 Å². The Labute approximate surface area is 74.5 Å². The number of nitrogens with zero attached hydrogens (tertiary/aromatic N) is 1. The molecule has 0 saturated heterocycles. The van der Waals surface area contributed by atoms with Crippen molar-refractivity contribution in [1.82, 2.24) is 9.97 Å². The number of fused-ring (bicyclic) bond motifs is 1. The van der Waals surface area contributed by atoms with Gasteiger partial charge in [0.1, 0.15) is 0 Å². The smallest absolute Gasteiger partial charge is 0.309 e. The molecule has 0 saturated carbocycles. The van der Waals surface area contributed by atoms with Gasteiger partial charge in [-0.05, 0) is 12.1 Å². The summed E-state index contributed by atoms with van der Waals surface area (Å²) in [6, 6.07) is 5.38. The van der Waals surface area contributed by atoms with Crippen molar-refractivity contribution in [2.45, 2.75) is 6.92 Å². The molecule has 0 amide bonds. The van der Waals surface area contributed by atoms with Gasteiger partial charge in [-0.25, -0.2) is 0 Å². The molecule has 0 bridgehead atoms. The maximum absolute atomic E-state index is 10.6. The predicted molar refractivity (Wildman–Crippen MR) is 47.4 cm³/mol. The van der Waals surface area contributed by atoms with Crippen LogP contribution in [0.1, 0.15) is 6.92 Å². The van der Waals surface area contributed by atoms with Crippen LogP contribution >= 0.6 is 0 Å². The molecule has 2 heterocycles. The van der Waals surface area contributed by atoms with Crippen molar-refractivity contribution in [3.63, 3.8) is 0 Å². The van der Waals surface area contributed by atoms with Crippen molar-refractivity contribution in [3.05, 3.63) is 24.4 Å². The van der Waals surface area contributed by atoms with E-state index in [1.807, 2.05) is 12.1 Å². The van der Waals surface area contributed by atoms with Crippen LogP contribution in [0.3, 0.4) is 0 Å².